The van der Waals surface area contributed by atoms with Gasteiger partial charge in [-0.05, 0) is 6.92 Å². The number of hydrogen-bond donors (Lipinski definition) is 2. The zero-order valence-electron chi connectivity index (χ0n) is 12.0. The van der Waals surface area contributed by atoms with Crippen molar-refractivity contribution in [1.82, 2.24) is 9.97 Å². The molecule has 0 spiro atoms. The maximum absolute atomic E-state index is 12.7. The highest BCUT2D eigenvalue weighted by atomic mass is 19.4. The normalized spacial score (nSPS) is 11.5. The molecule has 0 atom stereocenters. The average Bonchev–Trinajstić information content (AvgIpc) is 2.42. The quantitative estimate of drug-likeness (QED) is 0.680. The number of methoxy groups -OCH3 is 1. The zero-order chi connectivity index (χ0) is 15.7. The largest absolute Gasteiger partial charge is 0.433 e. The Balaban J connectivity index is 2.61. The molecule has 0 unspecified atom stereocenters. The predicted molar refractivity (Wildman–Crippen MR) is 72.4 cm³/mol. The fourth-order valence-electron chi connectivity index (χ4n) is 1.42. The van der Waals surface area contributed by atoms with Crippen LogP contribution >= 0.6 is 0 Å². The number of nitrogens with zero attached hydrogens (tertiary/aromatic N) is 2. The van der Waals surface area contributed by atoms with Crippen LogP contribution in [0, 0.1) is 0 Å². The predicted octanol–water partition coefficient (Wildman–Crippen LogP) is 2.00. The smallest absolute Gasteiger partial charge is 0.382 e. The number of rotatable bonds is 9. The van der Waals surface area contributed by atoms with Gasteiger partial charge in [0.05, 0.1) is 19.8 Å². The van der Waals surface area contributed by atoms with E-state index in [2.05, 4.69) is 20.6 Å². The summed E-state index contributed by atoms with van der Waals surface area (Å²) >= 11 is 0. The van der Waals surface area contributed by atoms with E-state index in [0.717, 1.165) is 6.07 Å². The Hall–Kier alpha value is -1.61. The Kier molecular flexibility index (Phi) is 7.17. The third kappa shape index (κ3) is 6.58. The molecule has 1 rings (SSSR count). The molecule has 2 N–H and O–H groups in total. The molecule has 1 heterocycles. The van der Waals surface area contributed by atoms with Crippen molar-refractivity contribution < 1.29 is 22.6 Å². The van der Waals surface area contributed by atoms with Gasteiger partial charge in [-0.25, -0.2) is 4.98 Å². The van der Waals surface area contributed by atoms with Crippen LogP contribution in [0.2, 0.25) is 0 Å². The fraction of sp³-hybridized carbons (Fsp3) is 0.667. The van der Waals surface area contributed by atoms with Gasteiger partial charge < -0.3 is 20.1 Å². The van der Waals surface area contributed by atoms with E-state index in [0.29, 0.717) is 32.9 Å². The minimum Gasteiger partial charge on any atom is -0.382 e. The second-order valence-corrected chi connectivity index (χ2v) is 4.02. The zero-order valence-corrected chi connectivity index (χ0v) is 12.0. The van der Waals surface area contributed by atoms with Gasteiger partial charge in [0, 0.05) is 26.3 Å². The molecule has 9 heteroatoms. The lowest BCUT2D eigenvalue weighted by molar-refractivity contribution is -0.141. The number of nitrogens with one attached hydrogen (secondary N) is 2. The highest BCUT2D eigenvalue weighted by Crippen LogP contribution is 2.29. The first kappa shape index (κ1) is 17.4. The van der Waals surface area contributed by atoms with Crippen molar-refractivity contribution in [1.29, 1.82) is 0 Å². The first-order valence-corrected chi connectivity index (χ1v) is 6.48. The SMILES string of the molecule is CCNc1nc(NCCOCCOC)cc(C(F)(F)F)n1. The lowest BCUT2D eigenvalue weighted by atomic mass is 10.3. The van der Waals surface area contributed by atoms with Crippen LogP contribution in [0.3, 0.4) is 0 Å². The van der Waals surface area contributed by atoms with Crippen molar-refractivity contribution in [2.24, 2.45) is 0 Å². The van der Waals surface area contributed by atoms with Gasteiger partial charge in [0.1, 0.15) is 5.82 Å². The summed E-state index contributed by atoms with van der Waals surface area (Å²) in [6.07, 6.45) is -4.52. The number of alkyl halides is 3. The maximum Gasteiger partial charge on any atom is 0.433 e. The van der Waals surface area contributed by atoms with Crippen molar-refractivity contribution >= 4 is 11.8 Å². The molecular formula is C12H19F3N4O2. The number of halogens is 3. The lowest BCUT2D eigenvalue weighted by Gasteiger charge is -2.12. The van der Waals surface area contributed by atoms with Gasteiger partial charge in [0.15, 0.2) is 5.69 Å². The minimum absolute atomic E-state index is 0.0601. The fourth-order valence-corrected chi connectivity index (χ4v) is 1.42. The highest BCUT2D eigenvalue weighted by molar-refractivity contribution is 5.43. The monoisotopic (exact) mass is 308 g/mol. The van der Waals surface area contributed by atoms with Gasteiger partial charge in [0.2, 0.25) is 5.95 Å². The van der Waals surface area contributed by atoms with E-state index in [4.69, 9.17) is 9.47 Å². The molecule has 0 fully saturated rings. The van der Waals surface area contributed by atoms with Crippen LogP contribution in [0.1, 0.15) is 12.6 Å². The Labute approximate surface area is 121 Å². The van der Waals surface area contributed by atoms with Gasteiger partial charge in [-0.15, -0.1) is 0 Å². The van der Waals surface area contributed by atoms with Crippen molar-refractivity contribution in [3.8, 4) is 0 Å². The van der Waals surface area contributed by atoms with Crippen LogP contribution < -0.4 is 10.6 Å². The highest BCUT2D eigenvalue weighted by Gasteiger charge is 2.33. The number of anilines is 2. The molecule has 0 bridgehead atoms. The first-order valence-electron chi connectivity index (χ1n) is 6.48. The molecule has 0 saturated heterocycles. The minimum atomic E-state index is -4.52. The van der Waals surface area contributed by atoms with Crippen molar-refractivity contribution in [2.75, 3.05) is 50.7 Å². The van der Waals surface area contributed by atoms with E-state index >= 15 is 0 Å². The summed E-state index contributed by atoms with van der Waals surface area (Å²) in [7, 11) is 1.56. The molecule has 120 valence electrons. The van der Waals surface area contributed by atoms with E-state index < -0.39 is 11.9 Å². The molecule has 0 aliphatic carbocycles. The van der Waals surface area contributed by atoms with Crippen LogP contribution in [0.15, 0.2) is 6.07 Å². The van der Waals surface area contributed by atoms with E-state index in [-0.39, 0.29) is 11.8 Å². The first-order chi connectivity index (χ1) is 9.97. The van der Waals surface area contributed by atoms with Crippen LogP contribution in [-0.2, 0) is 15.7 Å². The average molecular weight is 308 g/mol. The molecule has 0 aromatic carbocycles. The van der Waals surface area contributed by atoms with E-state index in [1.54, 1.807) is 14.0 Å². The summed E-state index contributed by atoms with van der Waals surface area (Å²) in [5, 5.41) is 5.44. The molecule has 0 radical (unpaired) electrons. The molecule has 21 heavy (non-hydrogen) atoms. The number of aromatic nitrogens is 2. The van der Waals surface area contributed by atoms with Crippen LogP contribution in [0.4, 0.5) is 24.9 Å². The second kappa shape index (κ2) is 8.63. The van der Waals surface area contributed by atoms with E-state index in [9.17, 15) is 13.2 Å². The van der Waals surface area contributed by atoms with Gasteiger partial charge >= 0.3 is 6.18 Å². The number of hydrogen-bond acceptors (Lipinski definition) is 6. The van der Waals surface area contributed by atoms with Crippen molar-refractivity contribution in [2.45, 2.75) is 13.1 Å². The summed E-state index contributed by atoms with van der Waals surface area (Å²) in [6, 6.07) is 0.871. The topological polar surface area (TPSA) is 68.3 Å². The molecule has 1 aromatic rings. The number of ether oxygens (including phenoxy) is 2. The molecule has 0 saturated carbocycles. The van der Waals surface area contributed by atoms with E-state index in [1.165, 1.54) is 0 Å². The summed E-state index contributed by atoms with van der Waals surface area (Å²) in [5.74, 6) is 0.0405. The Morgan fingerprint density at radius 1 is 1.14 bits per heavy atom. The summed E-state index contributed by atoms with van der Waals surface area (Å²) < 4.78 is 48.2. The van der Waals surface area contributed by atoms with Crippen molar-refractivity contribution in [3.05, 3.63) is 11.8 Å². The molecule has 1 aromatic heterocycles. The Morgan fingerprint density at radius 3 is 2.52 bits per heavy atom. The van der Waals surface area contributed by atoms with Gasteiger partial charge in [-0.2, -0.15) is 18.2 Å². The summed E-state index contributed by atoms with van der Waals surface area (Å²) in [6.45, 7) is 3.75. The molecule has 0 aliphatic rings. The Morgan fingerprint density at radius 2 is 1.90 bits per heavy atom. The van der Waals surface area contributed by atoms with Crippen LogP contribution in [0.25, 0.3) is 0 Å². The second-order valence-electron chi connectivity index (χ2n) is 4.02. The van der Waals surface area contributed by atoms with Gasteiger partial charge in [-0.1, -0.05) is 0 Å². The summed E-state index contributed by atoms with van der Waals surface area (Å²) in [4.78, 5) is 7.39. The molecule has 0 aliphatic heterocycles. The third-order valence-electron chi connectivity index (χ3n) is 2.34. The lowest BCUT2D eigenvalue weighted by Crippen LogP contribution is -2.16. The Bertz CT molecular complexity index is 429. The maximum atomic E-state index is 12.7. The molecular weight excluding hydrogens is 289 g/mol. The summed E-state index contributed by atoms with van der Waals surface area (Å²) in [5.41, 5.74) is -0.990. The molecule has 0 amide bonds. The molecule has 6 nitrogen and oxygen atoms in total. The van der Waals surface area contributed by atoms with Gasteiger partial charge in [0.25, 0.3) is 0 Å². The standard InChI is InChI=1S/C12H19F3N4O2/c1-3-16-11-18-9(12(13,14)15)8-10(19-11)17-4-5-21-7-6-20-2/h8H,3-7H2,1-2H3,(H2,16,17,18,19). The van der Waals surface area contributed by atoms with Crippen molar-refractivity contribution in [3.63, 3.8) is 0 Å². The van der Waals surface area contributed by atoms with Crippen LogP contribution in [-0.4, -0.2) is 50.0 Å². The van der Waals surface area contributed by atoms with E-state index in [1.807, 2.05) is 0 Å². The third-order valence-corrected chi connectivity index (χ3v) is 2.34. The van der Waals surface area contributed by atoms with Gasteiger partial charge in [-0.3, -0.25) is 0 Å². The van der Waals surface area contributed by atoms with Crippen LogP contribution in [0.5, 0.6) is 0 Å².